The molecular weight excluding hydrogens is 301 g/mol. The van der Waals surface area contributed by atoms with Crippen molar-refractivity contribution in [3.05, 3.63) is 39.6 Å². The number of amides is 1. The molecule has 0 atom stereocenters. The van der Waals surface area contributed by atoms with E-state index in [9.17, 15) is 4.79 Å². The molecule has 0 saturated carbocycles. The maximum Gasteiger partial charge on any atom is 0.275 e. The van der Waals surface area contributed by atoms with Crippen molar-refractivity contribution in [2.75, 3.05) is 12.4 Å². The van der Waals surface area contributed by atoms with Gasteiger partial charge in [0.2, 0.25) is 0 Å². The number of nitrogens with zero attached hydrogens (tertiary/aromatic N) is 2. The van der Waals surface area contributed by atoms with Crippen LogP contribution < -0.4 is 10.1 Å². The molecule has 2 rings (SSSR count). The summed E-state index contributed by atoms with van der Waals surface area (Å²) >= 11 is 12.0. The number of nitrogens with one attached hydrogen (secondary N) is 1. The molecule has 0 radical (unpaired) electrons. The van der Waals surface area contributed by atoms with E-state index in [1.54, 1.807) is 32.2 Å². The number of aromatic nitrogens is 2. The van der Waals surface area contributed by atoms with Crippen LogP contribution in [0.1, 0.15) is 16.2 Å². The highest BCUT2D eigenvalue weighted by Gasteiger charge is 2.20. The van der Waals surface area contributed by atoms with Gasteiger partial charge < -0.3 is 10.1 Å². The Balaban J connectivity index is 2.35. The maximum absolute atomic E-state index is 12.3. The van der Waals surface area contributed by atoms with Crippen LogP contribution in [-0.4, -0.2) is 22.8 Å². The third-order valence-corrected chi connectivity index (χ3v) is 3.46. The van der Waals surface area contributed by atoms with Crippen molar-refractivity contribution in [1.29, 1.82) is 0 Å². The first-order valence-electron chi connectivity index (χ1n) is 5.78. The van der Waals surface area contributed by atoms with E-state index >= 15 is 0 Å². The Morgan fingerprint density at radius 2 is 2.10 bits per heavy atom. The zero-order valence-electron chi connectivity index (χ0n) is 11.2. The van der Waals surface area contributed by atoms with Crippen molar-refractivity contribution >= 4 is 34.8 Å². The predicted octanol–water partition coefficient (Wildman–Crippen LogP) is 3.30. The Kier molecular flexibility index (Phi) is 4.20. The minimum absolute atomic E-state index is 0.284. The molecule has 0 aliphatic heterocycles. The smallest absolute Gasteiger partial charge is 0.275 e. The summed E-state index contributed by atoms with van der Waals surface area (Å²) in [5, 5.41) is 7.64. The van der Waals surface area contributed by atoms with Crippen LogP contribution in [0.25, 0.3) is 0 Å². The number of hydrogen-bond donors (Lipinski definition) is 1. The van der Waals surface area contributed by atoms with E-state index in [1.807, 2.05) is 0 Å². The van der Waals surface area contributed by atoms with Gasteiger partial charge in [-0.05, 0) is 25.1 Å². The Labute approximate surface area is 126 Å². The summed E-state index contributed by atoms with van der Waals surface area (Å²) < 4.78 is 6.61. The summed E-state index contributed by atoms with van der Waals surface area (Å²) in [5.41, 5.74) is 1.35. The van der Waals surface area contributed by atoms with E-state index in [0.29, 0.717) is 27.2 Å². The average Bonchev–Trinajstić information content (AvgIpc) is 2.63. The Morgan fingerprint density at radius 3 is 2.65 bits per heavy atom. The van der Waals surface area contributed by atoms with Gasteiger partial charge in [0.25, 0.3) is 5.91 Å². The Morgan fingerprint density at radius 1 is 1.40 bits per heavy atom. The molecule has 0 unspecified atom stereocenters. The second kappa shape index (κ2) is 5.73. The van der Waals surface area contributed by atoms with E-state index in [2.05, 4.69) is 10.4 Å². The molecule has 2 aromatic rings. The van der Waals surface area contributed by atoms with Gasteiger partial charge in [0.15, 0.2) is 0 Å². The topological polar surface area (TPSA) is 56.1 Å². The highest BCUT2D eigenvalue weighted by atomic mass is 35.5. The lowest BCUT2D eigenvalue weighted by molar-refractivity contribution is 0.101. The van der Waals surface area contributed by atoms with Crippen LogP contribution in [0.3, 0.4) is 0 Å². The standard InChI is InChI=1S/C13H13Cl2N3O2/c1-7-11(15)12(18(2)17-7)13(19)16-9-6-8(14)4-5-10(9)20-3/h4-6H,1-3H3,(H,16,19). The van der Waals surface area contributed by atoms with Crippen LogP contribution in [0.4, 0.5) is 5.69 Å². The van der Waals surface area contributed by atoms with Crippen molar-refractivity contribution in [2.24, 2.45) is 7.05 Å². The first-order valence-corrected chi connectivity index (χ1v) is 6.53. The number of rotatable bonds is 3. The lowest BCUT2D eigenvalue weighted by Crippen LogP contribution is -2.17. The van der Waals surface area contributed by atoms with Crippen molar-refractivity contribution in [1.82, 2.24) is 9.78 Å². The SMILES string of the molecule is COc1ccc(Cl)cc1NC(=O)c1c(Cl)c(C)nn1C. The molecule has 106 valence electrons. The number of hydrogen-bond acceptors (Lipinski definition) is 3. The molecule has 5 nitrogen and oxygen atoms in total. The van der Waals surface area contributed by atoms with Crippen molar-refractivity contribution < 1.29 is 9.53 Å². The quantitative estimate of drug-likeness (QED) is 0.946. The molecule has 1 amide bonds. The van der Waals surface area contributed by atoms with Gasteiger partial charge >= 0.3 is 0 Å². The van der Waals surface area contributed by atoms with Crippen LogP contribution in [0, 0.1) is 6.92 Å². The number of benzene rings is 1. The van der Waals surface area contributed by atoms with Gasteiger partial charge in [-0.2, -0.15) is 5.10 Å². The lowest BCUT2D eigenvalue weighted by Gasteiger charge is -2.10. The maximum atomic E-state index is 12.3. The molecule has 7 heteroatoms. The summed E-state index contributed by atoms with van der Waals surface area (Å²) in [6.07, 6.45) is 0. The van der Waals surface area contributed by atoms with E-state index in [4.69, 9.17) is 27.9 Å². The van der Waals surface area contributed by atoms with Gasteiger partial charge in [-0.15, -0.1) is 0 Å². The molecule has 1 heterocycles. The van der Waals surface area contributed by atoms with Gasteiger partial charge in [-0.25, -0.2) is 0 Å². The molecule has 1 aromatic carbocycles. The molecule has 0 spiro atoms. The normalized spacial score (nSPS) is 10.4. The zero-order valence-corrected chi connectivity index (χ0v) is 12.7. The van der Waals surface area contributed by atoms with E-state index in [-0.39, 0.29) is 11.6 Å². The number of carbonyl (C=O) groups is 1. The van der Waals surface area contributed by atoms with Gasteiger partial charge in [-0.1, -0.05) is 23.2 Å². The minimum Gasteiger partial charge on any atom is -0.495 e. The fourth-order valence-corrected chi connectivity index (χ4v) is 2.26. The zero-order chi connectivity index (χ0) is 14.9. The monoisotopic (exact) mass is 313 g/mol. The van der Waals surface area contributed by atoms with E-state index in [0.717, 1.165) is 0 Å². The molecular formula is C13H13Cl2N3O2. The number of methoxy groups -OCH3 is 1. The summed E-state index contributed by atoms with van der Waals surface area (Å²) in [4.78, 5) is 12.3. The molecule has 20 heavy (non-hydrogen) atoms. The Hall–Kier alpha value is -1.72. The van der Waals surface area contributed by atoms with Crippen LogP contribution >= 0.6 is 23.2 Å². The van der Waals surface area contributed by atoms with E-state index < -0.39 is 0 Å². The van der Waals surface area contributed by atoms with Crippen LogP contribution in [0.2, 0.25) is 10.0 Å². The summed E-state index contributed by atoms with van der Waals surface area (Å²) in [6, 6.07) is 4.96. The number of ether oxygens (including phenoxy) is 1. The first-order chi connectivity index (χ1) is 9.43. The molecule has 0 saturated heterocycles. The van der Waals surface area contributed by atoms with Gasteiger partial charge in [0.1, 0.15) is 11.4 Å². The van der Waals surface area contributed by atoms with Gasteiger partial charge in [-0.3, -0.25) is 9.48 Å². The Bertz CT molecular complexity index is 668. The lowest BCUT2D eigenvalue weighted by atomic mass is 10.2. The highest BCUT2D eigenvalue weighted by molar-refractivity contribution is 6.35. The predicted molar refractivity (Wildman–Crippen MR) is 78.9 cm³/mol. The van der Waals surface area contributed by atoms with Crippen molar-refractivity contribution in [3.63, 3.8) is 0 Å². The number of anilines is 1. The minimum atomic E-state index is -0.376. The molecule has 0 aliphatic rings. The highest BCUT2D eigenvalue weighted by Crippen LogP contribution is 2.29. The number of aryl methyl sites for hydroxylation is 2. The van der Waals surface area contributed by atoms with Crippen LogP contribution in [0.5, 0.6) is 5.75 Å². The second-order valence-electron chi connectivity index (χ2n) is 4.17. The van der Waals surface area contributed by atoms with Crippen LogP contribution in [0.15, 0.2) is 18.2 Å². The fraction of sp³-hybridized carbons (Fsp3) is 0.231. The fourth-order valence-electron chi connectivity index (χ4n) is 1.84. The van der Waals surface area contributed by atoms with Crippen LogP contribution in [-0.2, 0) is 7.05 Å². The summed E-state index contributed by atoms with van der Waals surface area (Å²) in [7, 11) is 3.17. The molecule has 0 bridgehead atoms. The summed E-state index contributed by atoms with van der Waals surface area (Å²) in [6.45, 7) is 1.74. The summed E-state index contributed by atoms with van der Waals surface area (Å²) in [5.74, 6) is 0.136. The molecule has 0 aliphatic carbocycles. The van der Waals surface area contributed by atoms with Crippen molar-refractivity contribution in [3.8, 4) is 5.75 Å². The molecule has 0 fully saturated rings. The first kappa shape index (κ1) is 14.7. The van der Waals surface area contributed by atoms with Gasteiger partial charge in [0, 0.05) is 12.1 Å². The third kappa shape index (κ3) is 2.73. The third-order valence-electron chi connectivity index (χ3n) is 2.77. The van der Waals surface area contributed by atoms with E-state index in [1.165, 1.54) is 11.8 Å². The average molecular weight is 314 g/mol. The number of carbonyl (C=O) groups excluding carboxylic acids is 1. The largest absolute Gasteiger partial charge is 0.495 e. The van der Waals surface area contributed by atoms with Gasteiger partial charge in [0.05, 0.1) is 23.5 Å². The molecule has 1 aromatic heterocycles. The second-order valence-corrected chi connectivity index (χ2v) is 4.98. The molecule has 1 N–H and O–H groups in total. The number of halogens is 2. The van der Waals surface area contributed by atoms with Crippen molar-refractivity contribution in [2.45, 2.75) is 6.92 Å².